The van der Waals surface area contributed by atoms with Gasteiger partial charge in [0.25, 0.3) is 0 Å². The fraction of sp³-hybridized carbons (Fsp3) is 0.483. The Morgan fingerprint density at radius 2 is 1.79 bits per heavy atom. The molecule has 4 rings (SSSR count). The maximum absolute atomic E-state index is 13.8. The smallest absolute Gasteiger partial charge is 0.404 e. The summed E-state index contributed by atoms with van der Waals surface area (Å²) in [7, 11) is 0. The lowest BCUT2D eigenvalue weighted by atomic mass is 9.95. The Hall–Kier alpha value is -2.81. The quantitative estimate of drug-likeness (QED) is 0.385. The molecule has 3 amide bonds. The number of piperazine rings is 1. The van der Waals surface area contributed by atoms with Crippen LogP contribution < -0.4 is 10.6 Å². The SMILES string of the molecule is CC(C)CC(C(=O)NCc1ccc(Cl)c(Cl)c1)N1CC(CCc2ccccc2)N2C[C@H](NC(=O)O)C[C@H]2C1=O. The van der Waals surface area contributed by atoms with Gasteiger partial charge in [0.15, 0.2) is 0 Å². The predicted octanol–water partition coefficient (Wildman–Crippen LogP) is 4.58. The first-order valence-electron chi connectivity index (χ1n) is 13.4. The van der Waals surface area contributed by atoms with Gasteiger partial charge in [0.05, 0.1) is 16.1 Å². The van der Waals surface area contributed by atoms with Crippen molar-refractivity contribution in [3.63, 3.8) is 0 Å². The van der Waals surface area contributed by atoms with E-state index in [9.17, 15) is 19.5 Å². The Labute approximate surface area is 239 Å². The average molecular weight is 576 g/mol. The molecule has 3 N–H and O–H groups in total. The molecule has 0 radical (unpaired) electrons. The Morgan fingerprint density at radius 3 is 2.46 bits per heavy atom. The van der Waals surface area contributed by atoms with Crippen LogP contribution in [0.2, 0.25) is 10.0 Å². The summed E-state index contributed by atoms with van der Waals surface area (Å²) in [6.45, 7) is 5.24. The molecule has 8 nitrogen and oxygen atoms in total. The van der Waals surface area contributed by atoms with E-state index < -0.39 is 18.2 Å². The van der Waals surface area contributed by atoms with E-state index in [1.807, 2.05) is 38.1 Å². The van der Waals surface area contributed by atoms with Crippen LogP contribution in [0.15, 0.2) is 48.5 Å². The molecule has 2 aromatic rings. The highest BCUT2D eigenvalue weighted by Crippen LogP contribution is 2.32. The number of amides is 3. The standard InChI is InChI=1S/C29H36Cl2N4O4/c1-18(2)12-25(27(36)32-15-20-9-11-23(30)24(31)13-20)35-17-22(10-8-19-6-4-3-5-7-19)34-16-21(33-29(38)39)14-26(34)28(35)37/h3-7,9,11,13,18,21-22,25-26,33H,8,10,12,14-17H2,1-2H3,(H,32,36)(H,38,39)/t21-,22?,25?,26+/m1/s1. The van der Waals surface area contributed by atoms with Gasteiger partial charge in [-0.1, -0.05) is 73.4 Å². The van der Waals surface area contributed by atoms with Crippen LogP contribution in [0.25, 0.3) is 0 Å². The molecule has 4 atom stereocenters. The number of aryl methyl sites for hydroxylation is 1. The number of halogens is 2. The van der Waals surface area contributed by atoms with E-state index in [0.717, 1.165) is 18.4 Å². The Morgan fingerprint density at radius 1 is 1.05 bits per heavy atom. The molecule has 0 bridgehead atoms. The first-order chi connectivity index (χ1) is 18.6. The van der Waals surface area contributed by atoms with Crippen LogP contribution >= 0.6 is 23.2 Å². The normalized spacial score (nSPS) is 22.0. The lowest BCUT2D eigenvalue weighted by molar-refractivity contribution is -0.151. The number of hydrogen-bond donors (Lipinski definition) is 3. The van der Waals surface area contributed by atoms with Crippen molar-refractivity contribution in [2.75, 3.05) is 13.1 Å². The van der Waals surface area contributed by atoms with Gasteiger partial charge < -0.3 is 20.6 Å². The van der Waals surface area contributed by atoms with E-state index >= 15 is 0 Å². The number of rotatable bonds is 10. The third-order valence-electron chi connectivity index (χ3n) is 7.54. The molecular weight excluding hydrogens is 539 g/mol. The molecule has 0 aromatic heterocycles. The second-order valence-electron chi connectivity index (χ2n) is 10.9. The van der Waals surface area contributed by atoms with E-state index in [1.54, 1.807) is 17.0 Å². The van der Waals surface area contributed by atoms with E-state index in [2.05, 4.69) is 27.7 Å². The lowest BCUT2D eigenvalue weighted by Crippen LogP contribution is -2.64. The van der Waals surface area contributed by atoms with Crippen molar-refractivity contribution in [1.82, 2.24) is 20.4 Å². The van der Waals surface area contributed by atoms with Crippen molar-refractivity contribution in [2.24, 2.45) is 5.92 Å². The summed E-state index contributed by atoms with van der Waals surface area (Å²) in [5.74, 6) is -0.142. The number of carboxylic acid groups (broad SMARTS) is 1. The van der Waals surface area contributed by atoms with Crippen LogP contribution in [0, 0.1) is 5.92 Å². The highest BCUT2D eigenvalue weighted by atomic mass is 35.5. The molecule has 39 heavy (non-hydrogen) atoms. The minimum atomic E-state index is -1.09. The summed E-state index contributed by atoms with van der Waals surface area (Å²) < 4.78 is 0. The third-order valence-corrected chi connectivity index (χ3v) is 8.28. The van der Waals surface area contributed by atoms with Crippen molar-refractivity contribution in [3.05, 3.63) is 69.7 Å². The first-order valence-corrected chi connectivity index (χ1v) is 14.2. The third kappa shape index (κ3) is 7.44. The molecule has 2 aliphatic rings. The Kier molecular flexibility index (Phi) is 9.75. The topological polar surface area (TPSA) is 102 Å². The summed E-state index contributed by atoms with van der Waals surface area (Å²) in [6.07, 6.45) is 1.44. The zero-order valence-corrected chi connectivity index (χ0v) is 23.8. The maximum Gasteiger partial charge on any atom is 0.404 e. The number of carbonyl (C=O) groups excluding carboxylic acids is 2. The number of nitrogens with zero attached hydrogens (tertiary/aromatic N) is 2. The minimum Gasteiger partial charge on any atom is -0.465 e. The number of fused-ring (bicyclic) bond motifs is 1. The van der Waals surface area contributed by atoms with E-state index in [4.69, 9.17) is 23.2 Å². The number of carbonyl (C=O) groups is 3. The molecular formula is C29H36Cl2N4O4. The van der Waals surface area contributed by atoms with Gasteiger partial charge in [0.1, 0.15) is 6.04 Å². The number of benzene rings is 2. The van der Waals surface area contributed by atoms with Gasteiger partial charge in [0.2, 0.25) is 11.8 Å². The van der Waals surface area contributed by atoms with Crippen molar-refractivity contribution in [2.45, 2.75) is 70.2 Å². The molecule has 210 valence electrons. The summed E-state index contributed by atoms with van der Waals surface area (Å²) in [5.41, 5.74) is 2.02. The molecule has 2 aromatic carbocycles. The second kappa shape index (κ2) is 13.0. The van der Waals surface area contributed by atoms with E-state index in [0.29, 0.717) is 36.0 Å². The van der Waals surface area contributed by atoms with Gasteiger partial charge in [-0.2, -0.15) is 0 Å². The van der Waals surface area contributed by atoms with Gasteiger partial charge in [-0.05, 0) is 54.9 Å². The van der Waals surface area contributed by atoms with Crippen molar-refractivity contribution >= 4 is 41.1 Å². The lowest BCUT2D eigenvalue weighted by Gasteiger charge is -2.46. The zero-order chi connectivity index (χ0) is 28.1. The van der Waals surface area contributed by atoms with Crippen molar-refractivity contribution in [1.29, 1.82) is 0 Å². The summed E-state index contributed by atoms with van der Waals surface area (Å²) in [5, 5.41) is 15.7. The first kappa shape index (κ1) is 29.2. The second-order valence-corrected chi connectivity index (χ2v) is 11.7. The van der Waals surface area contributed by atoms with Crippen LogP contribution in [0.3, 0.4) is 0 Å². The van der Waals surface area contributed by atoms with Gasteiger partial charge in [-0.25, -0.2) is 4.79 Å². The maximum atomic E-state index is 13.8. The summed E-state index contributed by atoms with van der Waals surface area (Å²) in [4.78, 5) is 42.6. The summed E-state index contributed by atoms with van der Waals surface area (Å²) >= 11 is 12.2. The molecule has 10 heteroatoms. The fourth-order valence-electron chi connectivity index (χ4n) is 5.69. The molecule has 2 saturated heterocycles. The molecule has 0 spiro atoms. The van der Waals surface area contributed by atoms with Crippen LogP contribution in [0.4, 0.5) is 4.79 Å². The fourth-order valence-corrected chi connectivity index (χ4v) is 6.02. The van der Waals surface area contributed by atoms with E-state index in [-0.39, 0.29) is 36.4 Å². The van der Waals surface area contributed by atoms with Crippen LogP contribution in [-0.4, -0.2) is 70.1 Å². The van der Waals surface area contributed by atoms with Gasteiger partial charge in [-0.15, -0.1) is 0 Å². The largest absolute Gasteiger partial charge is 0.465 e. The van der Waals surface area contributed by atoms with Crippen LogP contribution in [-0.2, 0) is 22.6 Å². The average Bonchev–Trinajstić information content (AvgIpc) is 3.32. The van der Waals surface area contributed by atoms with Crippen LogP contribution in [0.5, 0.6) is 0 Å². The zero-order valence-electron chi connectivity index (χ0n) is 22.3. The van der Waals surface area contributed by atoms with Gasteiger partial charge in [-0.3, -0.25) is 14.5 Å². The summed E-state index contributed by atoms with van der Waals surface area (Å²) in [6, 6.07) is 14.0. The number of hydrogen-bond acceptors (Lipinski definition) is 4. The Bertz CT molecular complexity index is 1180. The Balaban J connectivity index is 1.54. The van der Waals surface area contributed by atoms with Crippen molar-refractivity contribution in [3.8, 4) is 0 Å². The molecule has 0 aliphatic carbocycles. The molecule has 0 saturated carbocycles. The molecule has 2 heterocycles. The highest BCUT2D eigenvalue weighted by Gasteiger charge is 2.49. The van der Waals surface area contributed by atoms with Gasteiger partial charge >= 0.3 is 6.09 Å². The molecule has 2 unspecified atom stereocenters. The van der Waals surface area contributed by atoms with E-state index in [1.165, 1.54) is 5.56 Å². The predicted molar refractivity (Wildman–Crippen MR) is 152 cm³/mol. The highest BCUT2D eigenvalue weighted by molar-refractivity contribution is 6.42. The minimum absolute atomic E-state index is 0.00559. The monoisotopic (exact) mass is 574 g/mol. The van der Waals surface area contributed by atoms with Gasteiger partial charge in [0, 0.05) is 31.7 Å². The number of nitrogens with one attached hydrogen (secondary N) is 2. The van der Waals surface area contributed by atoms with Crippen LogP contribution in [0.1, 0.15) is 44.2 Å². The molecule has 2 aliphatic heterocycles. The molecule has 2 fully saturated rings. The van der Waals surface area contributed by atoms with Crippen molar-refractivity contribution < 1.29 is 19.5 Å².